The van der Waals surface area contributed by atoms with E-state index in [1.807, 2.05) is 0 Å². The van der Waals surface area contributed by atoms with E-state index in [-0.39, 0.29) is 5.41 Å². The van der Waals surface area contributed by atoms with Gasteiger partial charge < -0.3 is 10.2 Å². The maximum absolute atomic E-state index is 11.5. The third kappa shape index (κ3) is 2.90. The fourth-order valence-electron chi connectivity index (χ4n) is 8.78. The first-order chi connectivity index (χ1) is 12.7. The Morgan fingerprint density at radius 2 is 1.74 bits per heavy atom. The van der Waals surface area contributed by atoms with Gasteiger partial charge in [0.05, 0.1) is 5.60 Å². The fraction of sp³-hybridized carbons (Fsp3) is 0.958. The van der Waals surface area contributed by atoms with Crippen LogP contribution in [0.25, 0.3) is 0 Å². The van der Waals surface area contributed by atoms with E-state index in [9.17, 15) is 9.90 Å². The van der Waals surface area contributed by atoms with Gasteiger partial charge in [-0.2, -0.15) is 0 Å². The molecule has 0 aromatic rings. The molecule has 4 aliphatic rings. The second-order valence-electron chi connectivity index (χ2n) is 11.2. The van der Waals surface area contributed by atoms with Crippen molar-refractivity contribution in [2.75, 3.05) is 0 Å². The number of aliphatic hydroxyl groups is 1. The molecule has 3 heteroatoms. The van der Waals surface area contributed by atoms with Crippen molar-refractivity contribution in [2.45, 2.75) is 103 Å². The average molecular weight is 377 g/mol. The van der Waals surface area contributed by atoms with Crippen LogP contribution in [0, 0.1) is 40.4 Å². The smallest absolute Gasteiger partial charge is 0.303 e. The summed E-state index contributed by atoms with van der Waals surface area (Å²) in [4.78, 5) is 11.0. The largest absolute Gasteiger partial charge is 0.481 e. The molecule has 4 rings (SSSR count). The molecule has 8 atom stereocenters. The predicted octanol–water partition coefficient (Wildman–Crippen LogP) is 5.65. The van der Waals surface area contributed by atoms with Crippen molar-refractivity contribution in [3.05, 3.63) is 0 Å². The minimum atomic E-state index is -0.651. The van der Waals surface area contributed by atoms with Gasteiger partial charge in [-0.1, -0.05) is 33.6 Å². The summed E-state index contributed by atoms with van der Waals surface area (Å²) in [7, 11) is 0. The summed E-state index contributed by atoms with van der Waals surface area (Å²) in [6, 6.07) is 0. The number of carboxylic acid groups (broad SMARTS) is 1. The van der Waals surface area contributed by atoms with Crippen molar-refractivity contribution in [3.63, 3.8) is 0 Å². The molecule has 0 heterocycles. The van der Waals surface area contributed by atoms with Crippen LogP contribution in [0.1, 0.15) is 97.8 Å². The Morgan fingerprint density at radius 1 is 1.00 bits per heavy atom. The molecule has 4 fully saturated rings. The highest BCUT2D eigenvalue weighted by Crippen LogP contribution is 2.69. The van der Waals surface area contributed by atoms with E-state index >= 15 is 0 Å². The zero-order valence-corrected chi connectivity index (χ0v) is 17.7. The summed E-state index contributed by atoms with van der Waals surface area (Å²) in [5, 5.41) is 20.6. The molecule has 0 bridgehead atoms. The first-order valence-corrected chi connectivity index (χ1v) is 11.7. The zero-order valence-electron chi connectivity index (χ0n) is 17.7. The molecule has 3 nitrogen and oxygen atoms in total. The van der Waals surface area contributed by atoms with Crippen molar-refractivity contribution < 1.29 is 15.0 Å². The Hall–Kier alpha value is -0.570. The molecule has 0 radical (unpaired) electrons. The van der Waals surface area contributed by atoms with Gasteiger partial charge in [-0.15, -0.1) is 0 Å². The van der Waals surface area contributed by atoms with Crippen molar-refractivity contribution in [2.24, 2.45) is 40.4 Å². The quantitative estimate of drug-likeness (QED) is 0.666. The highest BCUT2D eigenvalue weighted by Gasteiger charge is 2.63. The molecule has 0 saturated heterocycles. The normalized spacial score (nSPS) is 50.4. The minimum absolute atomic E-state index is 0.127. The lowest BCUT2D eigenvalue weighted by Crippen LogP contribution is -2.61. The van der Waals surface area contributed by atoms with Crippen LogP contribution in [0.2, 0.25) is 0 Å². The minimum Gasteiger partial charge on any atom is -0.481 e. The number of carbonyl (C=O) groups is 1. The molecule has 27 heavy (non-hydrogen) atoms. The lowest BCUT2D eigenvalue weighted by Gasteiger charge is -2.63. The summed E-state index contributed by atoms with van der Waals surface area (Å²) in [5.41, 5.74) is 0.106. The molecule has 0 unspecified atom stereocenters. The number of aliphatic carboxylic acids is 1. The Labute approximate surface area is 165 Å². The molecule has 0 aromatic heterocycles. The van der Waals surface area contributed by atoms with Crippen LogP contribution in [-0.4, -0.2) is 21.8 Å². The second kappa shape index (κ2) is 6.75. The monoisotopic (exact) mass is 376 g/mol. The highest BCUT2D eigenvalue weighted by atomic mass is 16.4. The Morgan fingerprint density at radius 3 is 2.48 bits per heavy atom. The molecule has 0 spiro atoms. The Balaban J connectivity index is 1.54. The lowest BCUT2D eigenvalue weighted by molar-refractivity contribution is -0.205. The fourth-order valence-corrected chi connectivity index (χ4v) is 8.78. The molecule has 154 valence electrons. The van der Waals surface area contributed by atoms with Gasteiger partial charge in [0, 0.05) is 6.42 Å². The van der Waals surface area contributed by atoms with E-state index in [0.717, 1.165) is 31.1 Å². The van der Waals surface area contributed by atoms with Crippen LogP contribution in [-0.2, 0) is 4.79 Å². The number of hydrogen-bond donors (Lipinski definition) is 2. The van der Waals surface area contributed by atoms with Crippen LogP contribution >= 0.6 is 0 Å². The molecule has 4 saturated carbocycles. The number of hydrogen-bond acceptors (Lipinski definition) is 2. The van der Waals surface area contributed by atoms with E-state index in [4.69, 9.17) is 5.11 Å². The summed E-state index contributed by atoms with van der Waals surface area (Å²) < 4.78 is 0. The van der Waals surface area contributed by atoms with Gasteiger partial charge >= 0.3 is 5.97 Å². The molecular formula is C24H40O3. The van der Waals surface area contributed by atoms with Gasteiger partial charge in [0.2, 0.25) is 0 Å². The Bertz CT molecular complexity index is 588. The molecule has 2 N–H and O–H groups in total. The van der Waals surface area contributed by atoms with Gasteiger partial charge in [-0.05, 0) is 98.2 Å². The first-order valence-electron chi connectivity index (χ1n) is 11.7. The van der Waals surface area contributed by atoms with Crippen LogP contribution in [0.15, 0.2) is 0 Å². The summed E-state index contributed by atoms with van der Waals surface area (Å²) in [6.45, 7) is 7.26. The maximum atomic E-state index is 11.5. The summed E-state index contributed by atoms with van der Waals surface area (Å²) in [6.07, 6.45) is 13.3. The van der Waals surface area contributed by atoms with Crippen LogP contribution in [0.4, 0.5) is 0 Å². The van der Waals surface area contributed by atoms with E-state index < -0.39 is 11.6 Å². The summed E-state index contributed by atoms with van der Waals surface area (Å²) in [5.74, 6) is 2.81. The number of fused-ring (bicyclic) bond motifs is 5. The standard InChI is InChI=1S/C24H40O3/c1-16(6-9-21(25)26)18-7-8-19-17-10-15-24(27)13-5-4-12-23(24,3)20(17)11-14-22(18,19)2/h16-20,27H,4-15H2,1-3H3,(H,25,26)/t16-,17+,18-,19+,20+,22-,23-,24-/m1/s1. The second-order valence-corrected chi connectivity index (χ2v) is 11.2. The van der Waals surface area contributed by atoms with Gasteiger partial charge in [0.1, 0.15) is 0 Å². The Kier molecular flexibility index (Phi) is 4.93. The van der Waals surface area contributed by atoms with Gasteiger partial charge in [-0.3, -0.25) is 4.79 Å². The van der Waals surface area contributed by atoms with Gasteiger partial charge in [0.15, 0.2) is 0 Å². The van der Waals surface area contributed by atoms with Crippen LogP contribution in [0.5, 0.6) is 0 Å². The van der Waals surface area contributed by atoms with Crippen LogP contribution < -0.4 is 0 Å². The number of rotatable bonds is 4. The molecule has 0 aromatic carbocycles. The van der Waals surface area contributed by atoms with Crippen molar-refractivity contribution >= 4 is 5.97 Å². The predicted molar refractivity (Wildman–Crippen MR) is 107 cm³/mol. The molecular weight excluding hydrogens is 336 g/mol. The van der Waals surface area contributed by atoms with Crippen molar-refractivity contribution in [3.8, 4) is 0 Å². The zero-order chi connectivity index (χ0) is 19.4. The van der Waals surface area contributed by atoms with E-state index in [1.165, 1.54) is 51.4 Å². The maximum Gasteiger partial charge on any atom is 0.303 e. The van der Waals surface area contributed by atoms with E-state index in [0.29, 0.717) is 29.6 Å². The molecule has 4 aliphatic carbocycles. The summed E-state index contributed by atoms with van der Waals surface area (Å²) >= 11 is 0. The van der Waals surface area contributed by atoms with E-state index in [1.54, 1.807) is 0 Å². The third-order valence-corrected chi connectivity index (χ3v) is 10.3. The third-order valence-electron chi connectivity index (χ3n) is 10.3. The highest BCUT2D eigenvalue weighted by molar-refractivity contribution is 5.66. The topological polar surface area (TPSA) is 57.5 Å². The van der Waals surface area contributed by atoms with Crippen molar-refractivity contribution in [1.29, 1.82) is 0 Å². The molecule has 0 amide bonds. The first kappa shape index (κ1) is 19.7. The lowest BCUT2D eigenvalue weighted by atomic mass is 9.43. The van der Waals surface area contributed by atoms with Crippen LogP contribution in [0.3, 0.4) is 0 Å². The molecule has 0 aliphatic heterocycles. The van der Waals surface area contributed by atoms with E-state index in [2.05, 4.69) is 20.8 Å². The van der Waals surface area contributed by atoms with Gasteiger partial charge in [0.25, 0.3) is 0 Å². The average Bonchev–Trinajstić information content (AvgIpc) is 2.97. The number of carboxylic acids is 1. The van der Waals surface area contributed by atoms with Crippen molar-refractivity contribution in [1.82, 2.24) is 0 Å². The SMILES string of the molecule is C[C@H](CCC(=O)O)[C@H]1CC[C@H]2[C@@H]3CC[C@]4(O)CCCC[C@]4(C)[C@H]3CC[C@]12C. The van der Waals surface area contributed by atoms with Gasteiger partial charge in [-0.25, -0.2) is 0 Å².